The zero-order valence-electron chi connectivity index (χ0n) is 13.4. The van der Waals surface area contributed by atoms with Crippen molar-refractivity contribution in [3.8, 4) is 0 Å². The van der Waals surface area contributed by atoms with E-state index in [2.05, 4.69) is 33.9 Å². The van der Waals surface area contributed by atoms with Gasteiger partial charge in [0.1, 0.15) is 0 Å². The second-order valence-electron chi connectivity index (χ2n) is 6.40. The lowest BCUT2D eigenvalue weighted by molar-refractivity contribution is 0.0719. The maximum Gasteiger partial charge on any atom is 0.505 e. The Kier molecular flexibility index (Phi) is 9.15. The van der Waals surface area contributed by atoms with Crippen LogP contribution < -0.4 is 0 Å². The lowest BCUT2D eigenvalue weighted by Crippen LogP contribution is -2.46. The fraction of sp³-hybridized carbons (Fsp3) is 0.933. The van der Waals surface area contributed by atoms with E-state index in [0.717, 1.165) is 12.8 Å². The van der Waals surface area contributed by atoms with Gasteiger partial charge in [-0.1, -0.05) is 72.4 Å². The van der Waals surface area contributed by atoms with Crippen LogP contribution in [-0.4, -0.2) is 25.1 Å². The van der Waals surface area contributed by atoms with Crippen molar-refractivity contribution in [1.29, 1.82) is 0 Å². The predicted octanol–water partition coefficient (Wildman–Crippen LogP) is 5.46. The molecule has 1 N–H and O–H groups in total. The molecule has 0 aromatic rings. The summed E-state index contributed by atoms with van der Waals surface area (Å²) in [6.45, 7) is 11.1. The average molecular weight is 289 g/mol. The first-order valence-electron chi connectivity index (χ1n) is 7.71. The molecule has 0 fully saturated rings. The van der Waals surface area contributed by atoms with Crippen LogP contribution in [0.2, 0.25) is 18.6 Å². The summed E-state index contributed by atoms with van der Waals surface area (Å²) in [5.41, 5.74) is 0.480. The molecule has 4 heteroatoms. The van der Waals surface area contributed by atoms with Crippen LogP contribution in [0.4, 0.5) is 4.79 Å². The Hall–Kier alpha value is -0.513. The van der Waals surface area contributed by atoms with Gasteiger partial charge in [0.15, 0.2) is 0 Å². The first kappa shape index (κ1) is 18.5. The smallest absolute Gasteiger partial charge is 0.450 e. The van der Waals surface area contributed by atoms with E-state index in [1.54, 1.807) is 0 Å². The largest absolute Gasteiger partial charge is 0.505 e. The van der Waals surface area contributed by atoms with Gasteiger partial charge in [-0.05, 0) is 12.0 Å². The third-order valence-corrected chi connectivity index (χ3v) is 9.42. The topological polar surface area (TPSA) is 46.5 Å². The van der Waals surface area contributed by atoms with Gasteiger partial charge < -0.3 is 9.84 Å². The van der Waals surface area contributed by atoms with E-state index in [1.165, 1.54) is 32.1 Å². The molecule has 0 spiro atoms. The van der Waals surface area contributed by atoms with E-state index < -0.39 is 14.2 Å². The highest BCUT2D eigenvalue weighted by molar-refractivity contribution is 6.79. The minimum atomic E-state index is -1.65. The predicted molar refractivity (Wildman–Crippen MR) is 83.5 cm³/mol. The minimum absolute atomic E-state index is 0.0591. The summed E-state index contributed by atoms with van der Waals surface area (Å²) in [5, 5.41) is 8.90. The van der Waals surface area contributed by atoms with Crippen LogP contribution in [0.3, 0.4) is 0 Å². The van der Waals surface area contributed by atoms with Crippen molar-refractivity contribution in [1.82, 2.24) is 0 Å². The van der Waals surface area contributed by atoms with Gasteiger partial charge in [-0.3, -0.25) is 0 Å². The van der Waals surface area contributed by atoms with E-state index >= 15 is 0 Å². The molecule has 3 nitrogen and oxygen atoms in total. The second kappa shape index (κ2) is 9.40. The molecule has 0 amide bonds. The summed E-state index contributed by atoms with van der Waals surface area (Å²) in [4.78, 5) is 10.9. The van der Waals surface area contributed by atoms with E-state index in [-0.39, 0.29) is 5.73 Å². The summed E-state index contributed by atoms with van der Waals surface area (Å²) in [6, 6.07) is 0. The highest BCUT2D eigenvalue weighted by atomic mass is 28.3. The van der Waals surface area contributed by atoms with Crippen molar-refractivity contribution in [3.05, 3.63) is 0 Å². The third kappa shape index (κ3) is 7.60. The molecular weight excluding hydrogens is 256 g/mol. The highest BCUT2D eigenvalue weighted by Gasteiger charge is 2.37. The van der Waals surface area contributed by atoms with Crippen molar-refractivity contribution >= 4 is 14.2 Å². The molecule has 0 rings (SSSR count). The Morgan fingerprint density at radius 1 is 1.11 bits per heavy atom. The first-order valence-corrected chi connectivity index (χ1v) is 10.9. The van der Waals surface area contributed by atoms with E-state index in [4.69, 9.17) is 9.84 Å². The Morgan fingerprint density at radius 3 is 2.11 bits per heavy atom. The summed E-state index contributed by atoms with van der Waals surface area (Å²) in [5.74, 6) is 0. The molecule has 0 aromatic carbocycles. The molecule has 19 heavy (non-hydrogen) atoms. The fourth-order valence-electron chi connectivity index (χ4n) is 2.19. The number of hydrogen-bond donors (Lipinski definition) is 1. The highest BCUT2D eigenvalue weighted by Crippen LogP contribution is 2.29. The summed E-state index contributed by atoms with van der Waals surface area (Å²) < 4.78 is 5.18. The number of ether oxygens (including phenoxy) is 1. The van der Waals surface area contributed by atoms with E-state index in [9.17, 15) is 4.79 Å². The third-order valence-electron chi connectivity index (χ3n) is 4.38. The SMILES string of the molecule is CCCCCCCCC(OC(=O)O)[Si](C)(C)C(C)C. The van der Waals surface area contributed by atoms with Crippen LogP contribution in [-0.2, 0) is 4.74 Å². The van der Waals surface area contributed by atoms with Crippen LogP contribution in [0.1, 0.15) is 65.7 Å². The van der Waals surface area contributed by atoms with Crippen LogP contribution in [0.5, 0.6) is 0 Å². The minimum Gasteiger partial charge on any atom is -0.450 e. The van der Waals surface area contributed by atoms with Gasteiger partial charge >= 0.3 is 6.16 Å². The van der Waals surface area contributed by atoms with E-state index in [0.29, 0.717) is 5.54 Å². The molecule has 0 aromatic heterocycles. The summed E-state index contributed by atoms with van der Waals surface area (Å²) >= 11 is 0. The zero-order chi connectivity index (χ0) is 14.9. The standard InChI is InChI=1S/C15H32O3Si/c1-6-7-8-9-10-11-12-14(18-15(16)17)19(4,5)13(2)3/h13-14H,6-12H2,1-5H3,(H,16,17). The number of hydrogen-bond acceptors (Lipinski definition) is 2. The molecule has 0 saturated heterocycles. The van der Waals surface area contributed by atoms with Gasteiger partial charge in [0.2, 0.25) is 0 Å². The quantitative estimate of drug-likeness (QED) is 0.330. The lowest BCUT2D eigenvalue weighted by Gasteiger charge is -2.34. The van der Waals surface area contributed by atoms with Crippen molar-refractivity contribution in [3.63, 3.8) is 0 Å². The molecule has 0 radical (unpaired) electrons. The molecule has 0 aliphatic heterocycles. The fourth-order valence-corrected chi connectivity index (χ4v) is 4.28. The second-order valence-corrected chi connectivity index (χ2v) is 11.8. The van der Waals surface area contributed by atoms with Crippen LogP contribution >= 0.6 is 0 Å². The maximum atomic E-state index is 10.9. The van der Waals surface area contributed by atoms with Gasteiger partial charge in [0.05, 0.1) is 13.8 Å². The number of carbonyl (C=O) groups is 1. The lowest BCUT2D eigenvalue weighted by atomic mass is 10.1. The number of carboxylic acid groups (broad SMARTS) is 1. The van der Waals surface area contributed by atoms with Crippen molar-refractivity contribution in [2.45, 2.75) is 90.1 Å². The molecule has 0 bridgehead atoms. The van der Waals surface area contributed by atoms with Crippen molar-refractivity contribution < 1.29 is 14.6 Å². The first-order chi connectivity index (χ1) is 8.82. The van der Waals surface area contributed by atoms with Crippen molar-refractivity contribution in [2.24, 2.45) is 0 Å². The monoisotopic (exact) mass is 288 g/mol. The molecule has 1 unspecified atom stereocenters. The Balaban J connectivity index is 4.18. The Labute approximate surface area is 119 Å². The van der Waals surface area contributed by atoms with Crippen LogP contribution in [0.25, 0.3) is 0 Å². The summed E-state index contributed by atoms with van der Waals surface area (Å²) in [7, 11) is -1.65. The van der Waals surface area contributed by atoms with Crippen molar-refractivity contribution in [2.75, 3.05) is 0 Å². The molecule has 0 heterocycles. The zero-order valence-corrected chi connectivity index (χ0v) is 14.4. The van der Waals surface area contributed by atoms with Gasteiger partial charge in [-0.2, -0.15) is 0 Å². The molecule has 1 atom stereocenters. The van der Waals surface area contributed by atoms with Gasteiger partial charge in [-0.15, -0.1) is 0 Å². The van der Waals surface area contributed by atoms with Gasteiger partial charge in [-0.25, -0.2) is 4.79 Å². The molecule has 0 aliphatic carbocycles. The molecule has 114 valence electrons. The van der Waals surface area contributed by atoms with Gasteiger partial charge in [0.25, 0.3) is 0 Å². The average Bonchev–Trinajstić information content (AvgIpc) is 2.31. The van der Waals surface area contributed by atoms with Crippen LogP contribution in [0.15, 0.2) is 0 Å². The van der Waals surface area contributed by atoms with Crippen LogP contribution in [0, 0.1) is 0 Å². The number of rotatable bonds is 10. The maximum absolute atomic E-state index is 10.9. The van der Waals surface area contributed by atoms with E-state index in [1.807, 2.05) is 0 Å². The normalized spacial score (nSPS) is 13.6. The molecule has 0 saturated carbocycles. The Morgan fingerprint density at radius 2 is 1.63 bits per heavy atom. The Bertz CT molecular complexity index is 252. The molecule has 0 aliphatic rings. The molecular formula is C15H32O3Si. The number of unbranched alkanes of at least 4 members (excludes halogenated alkanes) is 5. The summed E-state index contributed by atoms with van der Waals surface area (Å²) in [6.07, 6.45) is 7.20. The van der Waals surface area contributed by atoms with Gasteiger partial charge in [0, 0.05) is 0 Å².